The molecule has 0 saturated carbocycles. The van der Waals surface area contributed by atoms with Crippen LogP contribution in [0.2, 0.25) is 5.02 Å². The predicted molar refractivity (Wildman–Crippen MR) is 166 cm³/mol. The third-order valence-electron chi connectivity index (χ3n) is 8.28. The zero-order valence-corrected chi connectivity index (χ0v) is 25.7. The van der Waals surface area contributed by atoms with Gasteiger partial charge in [0.25, 0.3) is 5.91 Å². The molecule has 3 aromatic rings. The molecular formula is C34H39ClN2O7. The van der Waals surface area contributed by atoms with Crippen molar-refractivity contribution in [3.8, 4) is 0 Å². The molecule has 9 nitrogen and oxygen atoms in total. The lowest BCUT2D eigenvalue weighted by molar-refractivity contribution is -0.253. The summed E-state index contributed by atoms with van der Waals surface area (Å²) in [5.74, 6) is -0.968. The summed E-state index contributed by atoms with van der Waals surface area (Å²) in [4.78, 5) is 26.1. The highest BCUT2D eigenvalue weighted by Gasteiger charge is 2.37. The minimum atomic E-state index is -0.934. The monoisotopic (exact) mass is 622 g/mol. The van der Waals surface area contributed by atoms with E-state index in [1.165, 1.54) is 13.8 Å². The molecule has 2 aliphatic rings. The summed E-state index contributed by atoms with van der Waals surface area (Å²) in [6.45, 7) is 4.83. The van der Waals surface area contributed by atoms with Gasteiger partial charge in [-0.2, -0.15) is 0 Å². The number of amides is 1. The van der Waals surface area contributed by atoms with Crippen molar-refractivity contribution in [2.75, 3.05) is 25.0 Å². The van der Waals surface area contributed by atoms with Crippen LogP contribution in [0.1, 0.15) is 67.8 Å². The molecule has 3 aromatic carbocycles. The number of hydrogen-bond acceptors (Lipinski definition) is 8. The number of halogens is 1. The molecule has 2 aliphatic heterocycles. The van der Waals surface area contributed by atoms with Crippen molar-refractivity contribution in [2.45, 2.75) is 69.9 Å². The number of ether oxygens (including phenoxy) is 3. The number of nitrogens with zero attached hydrogens (tertiary/aromatic N) is 1. The molecule has 2 heterocycles. The standard InChI is InChI=1S/C34H39ClN2O7/c1-22(42-23(2)39)32(40)36-29-5-3-4-26(18-29)33-43-30(19-31(44-33)25-8-6-24(21-38)7-9-25)20-37-16-14-34(41,15-17-37)27-10-12-28(35)13-11-27/h3-13,18,22,30-31,33,38,41H,14-17,19-21H2,1-2H3,(H,36,40)/t22-,30-,31+,33?/m0/s1. The van der Waals surface area contributed by atoms with Gasteiger partial charge in [-0.25, -0.2) is 0 Å². The van der Waals surface area contributed by atoms with Gasteiger partial charge >= 0.3 is 5.97 Å². The van der Waals surface area contributed by atoms with E-state index in [9.17, 15) is 19.8 Å². The molecule has 3 N–H and O–H groups in total. The maximum atomic E-state index is 12.6. The average Bonchev–Trinajstić information content (AvgIpc) is 3.02. The van der Waals surface area contributed by atoms with Crippen molar-refractivity contribution in [3.63, 3.8) is 0 Å². The molecule has 0 aromatic heterocycles. The normalized spacial score (nSPS) is 22.6. The number of nitrogens with one attached hydrogen (secondary N) is 1. The van der Waals surface area contributed by atoms with E-state index in [1.54, 1.807) is 12.1 Å². The first kappa shape index (κ1) is 32.1. The van der Waals surface area contributed by atoms with Crippen LogP contribution in [0, 0.1) is 0 Å². The second-order valence-corrected chi connectivity index (χ2v) is 12.0. The molecule has 0 aliphatic carbocycles. The van der Waals surface area contributed by atoms with E-state index in [4.69, 9.17) is 25.8 Å². The largest absolute Gasteiger partial charge is 0.453 e. The van der Waals surface area contributed by atoms with Crippen molar-refractivity contribution in [1.29, 1.82) is 0 Å². The Bertz CT molecular complexity index is 1420. The van der Waals surface area contributed by atoms with Gasteiger partial charge in [0, 0.05) is 49.3 Å². The Morgan fingerprint density at radius 3 is 2.41 bits per heavy atom. The maximum absolute atomic E-state index is 12.6. The van der Waals surface area contributed by atoms with Crippen molar-refractivity contribution in [1.82, 2.24) is 4.90 Å². The highest BCUT2D eigenvalue weighted by atomic mass is 35.5. The summed E-state index contributed by atoms with van der Waals surface area (Å²) < 4.78 is 18.0. The van der Waals surface area contributed by atoms with E-state index >= 15 is 0 Å². The number of aliphatic hydroxyl groups excluding tert-OH is 1. The van der Waals surface area contributed by atoms with Crippen LogP contribution in [0.5, 0.6) is 0 Å². The molecule has 5 rings (SSSR count). The maximum Gasteiger partial charge on any atom is 0.303 e. The molecule has 0 radical (unpaired) electrons. The predicted octanol–water partition coefficient (Wildman–Crippen LogP) is 5.25. The quantitative estimate of drug-likeness (QED) is 0.277. The van der Waals surface area contributed by atoms with E-state index in [-0.39, 0.29) is 18.8 Å². The Balaban J connectivity index is 1.30. The van der Waals surface area contributed by atoms with Crippen molar-refractivity contribution in [2.24, 2.45) is 0 Å². The zero-order valence-electron chi connectivity index (χ0n) is 24.9. The zero-order chi connectivity index (χ0) is 31.3. The number of rotatable bonds is 9. The van der Waals surface area contributed by atoms with Crippen LogP contribution in [0.25, 0.3) is 0 Å². The number of hydrogen-bond donors (Lipinski definition) is 3. The molecule has 1 unspecified atom stereocenters. The lowest BCUT2D eigenvalue weighted by atomic mass is 9.84. The van der Waals surface area contributed by atoms with Crippen LogP contribution in [0.4, 0.5) is 5.69 Å². The molecule has 0 bridgehead atoms. The van der Waals surface area contributed by atoms with Crippen LogP contribution >= 0.6 is 11.6 Å². The van der Waals surface area contributed by atoms with Crippen molar-refractivity contribution >= 4 is 29.2 Å². The van der Waals surface area contributed by atoms with E-state index < -0.39 is 29.9 Å². The van der Waals surface area contributed by atoms with Crippen LogP contribution < -0.4 is 5.32 Å². The average molecular weight is 623 g/mol. The van der Waals surface area contributed by atoms with Crippen LogP contribution in [-0.2, 0) is 36.0 Å². The summed E-state index contributed by atoms with van der Waals surface area (Å²) in [6, 6.07) is 22.4. The SMILES string of the molecule is CC(=O)O[C@@H](C)C(=O)Nc1cccc(C2O[C@H](CN3CCC(O)(c4ccc(Cl)cc4)CC3)C[C@H](c3ccc(CO)cc3)O2)c1. The fraction of sp³-hybridized carbons (Fsp3) is 0.412. The number of carbonyl (C=O) groups is 2. The summed E-state index contributed by atoms with van der Waals surface area (Å²) in [5.41, 5.74) is 3.06. The van der Waals surface area contributed by atoms with Gasteiger partial charge in [0.05, 0.1) is 24.4 Å². The van der Waals surface area contributed by atoms with Gasteiger partial charge in [0.1, 0.15) is 0 Å². The Labute approximate surface area is 262 Å². The molecular weight excluding hydrogens is 584 g/mol. The summed E-state index contributed by atoms with van der Waals surface area (Å²) in [6.07, 6.45) is -0.235. The van der Waals surface area contributed by atoms with Gasteiger partial charge in [0.15, 0.2) is 12.4 Å². The number of anilines is 1. The number of benzene rings is 3. The van der Waals surface area contributed by atoms with Crippen LogP contribution in [0.3, 0.4) is 0 Å². The molecule has 4 atom stereocenters. The minimum Gasteiger partial charge on any atom is -0.453 e. The first-order valence-electron chi connectivity index (χ1n) is 14.9. The third-order valence-corrected chi connectivity index (χ3v) is 8.53. The lowest BCUT2D eigenvalue weighted by Gasteiger charge is -2.42. The molecule has 1 amide bonds. The number of carbonyl (C=O) groups excluding carboxylic acids is 2. The number of esters is 1. The molecule has 0 spiro atoms. The van der Waals surface area contributed by atoms with Gasteiger partial charge in [-0.1, -0.05) is 60.1 Å². The van der Waals surface area contributed by atoms with Gasteiger partial charge < -0.3 is 34.6 Å². The van der Waals surface area contributed by atoms with Gasteiger partial charge in [-0.05, 0) is 60.7 Å². The summed E-state index contributed by atoms with van der Waals surface area (Å²) in [5, 5.41) is 24.3. The van der Waals surface area contributed by atoms with Crippen molar-refractivity contribution < 1.29 is 34.0 Å². The number of piperidine rings is 1. The molecule has 2 fully saturated rings. The Kier molecular flexibility index (Phi) is 10.4. The van der Waals surface area contributed by atoms with E-state index in [0.29, 0.717) is 49.6 Å². The van der Waals surface area contributed by atoms with Gasteiger partial charge in [-0.3, -0.25) is 9.59 Å². The first-order valence-corrected chi connectivity index (χ1v) is 15.3. The van der Waals surface area contributed by atoms with E-state index in [2.05, 4.69) is 10.2 Å². The third kappa shape index (κ3) is 8.04. The highest BCUT2D eigenvalue weighted by Crippen LogP contribution is 2.40. The Morgan fingerprint density at radius 2 is 1.75 bits per heavy atom. The molecule has 2 saturated heterocycles. The summed E-state index contributed by atoms with van der Waals surface area (Å²) >= 11 is 6.05. The molecule has 10 heteroatoms. The molecule has 234 valence electrons. The minimum absolute atomic E-state index is 0.0356. The second kappa shape index (κ2) is 14.2. The first-order chi connectivity index (χ1) is 21.1. The van der Waals surface area contributed by atoms with Crippen LogP contribution in [0.15, 0.2) is 72.8 Å². The number of likely N-dealkylation sites (tertiary alicyclic amines) is 1. The topological polar surface area (TPSA) is 118 Å². The fourth-order valence-corrected chi connectivity index (χ4v) is 5.91. The second-order valence-electron chi connectivity index (χ2n) is 11.6. The van der Waals surface area contributed by atoms with Gasteiger partial charge in [-0.15, -0.1) is 0 Å². The Hall–Kier alpha value is -3.31. The number of aliphatic hydroxyl groups is 2. The fourth-order valence-electron chi connectivity index (χ4n) is 5.78. The summed E-state index contributed by atoms with van der Waals surface area (Å²) in [7, 11) is 0. The van der Waals surface area contributed by atoms with E-state index in [0.717, 1.165) is 22.3 Å². The Morgan fingerprint density at radius 1 is 1.05 bits per heavy atom. The molecule has 44 heavy (non-hydrogen) atoms. The van der Waals surface area contributed by atoms with Gasteiger partial charge in [0.2, 0.25) is 0 Å². The smallest absolute Gasteiger partial charge is 0.303 e. The highest BCUT2D eigenvalue weighted by molar-refractivity contribution is 6.30. The van der Waals surface area contributed by atoms with E-state index in [1.807, 2.05) is 60.7 Å². The lowest BCUT2D eigenvalue weighted by Crippen LogP contribution is -2.46. The van der Waals surface area contributed by atoms with Crippen molar-refractivity contribution in [3.05, 3.63) is 100 Å². The van der Waals surface area contributed by atoms with Crippen LogP contribution in [-0.4, -0.2) is 58.8 Å².